The van der Waals surface area contributed by atoms with Crippen molar-refractivity contribution in [3.8, 4) is 5.75 Å². The van der Waals surface area contributed by atoms with Gasteiger partial charge in [0.1, 0.15) is 11.3 Å². The zero-order valence-electron chi connectivity index (χ0n) is 16.1. The molecule has 142 valence electrons. The summed E-state index contributed by atoms with van der Waals surface area (Å²) in [6, 6.07) is 21.3. The van der Waals surface area contributed by atoms with Crippen LogP contribution in [0.15, 0.2) is 72.8 Å². The molecule has 3 rings (SSSR count). The third-order valence-corrected chi connectivity index (χ3v) is 4.68. The van der Waals surface area contributed by atoms with E-state index in [9.17, 15) is 9.59 Å². The number of rotatable bonds is 6. The molecule has 0 aliphatic carbocycles. The molecule has 0 aliphatic rings. The van der Waals surface area contributed by atoms with Gasteiger partial charge in [0.25, 0.3) is 0 Å². The number of Topliss-reactive ketones (excluding diaryl/α,β-unsaturated/α-hetero) is 1. The summed E-state index contributed by atoms with van der Waals surface area (Å²) in [5, 5.41) is 0. The van der Waals surface area contributed by atoms with E-state index in [0.717, 1.165) is 11.1 Å². The lowest BCUT2D eigenvalue weighted by Gasteiger charge is -2.18. The Hall–Kier alpha value is -3.40. The molecule has 0 aliphatic heterocycles. The zero-order chi connectivity index (χ0) is 20.1. The van der Waals surface area contributed by atoms with Gasteiger partial charge in [0.05, 0.1) is 7.11 Å². The second kappa shape index (κ2) is 8.53. The van der Waals surface area contributed by atoms with Crippen molar-refractivity contribution in [1.29, 1.82) is 0 Å². The van der Waals surface area contributed by atoms with Gasteiger partial charge >= 0.3 is 5.97 Å². The first-order valence-corrected chi connectivity index (χ1v) is 9.01. The van der Waals surface area contributed by atoms with E-state index >= 15 is 0 Å². The Morgan fingerprint density at radius 2 is 1.50 bits per heavy atom. The van der Waals surface area contributed by atoms with E-state index in [4.69, 9.17) is 9.47 Å². The van der Waals surface area contributed by atoms with E-state index in [1.807, 2.05) is 44.2 Å². The number of carbonyl (C=O) groups excluding carboxylic acids is 2. The third kappa shape index (κ3) is 4.12. The Labute approximate surface area is 164 Å². The van der Waals surface area contributed by atoms with Gasteiger partial charge in [-0.15, -0.1) is 0 Å². The van der Waals surface area contributed by atoms with Gasteiger partial charge in [0, 0.05) is 11.1 Å². The summed E-state index contributed by atoms with van der Waals surface area (Å²) in [5.41, 5.74) is 3.50. The predicted octanol–water partition coefficient (Wildman–Crippen LogP) is 5.09. The van der Waals surface area contributed by atoms with Crippen molar-refractivity contribution in [3.05, 3.63) is 101 Å². The molecule has 0 fully saturated rings. The molecule has 0 aromatic heterocycles. The number of para-hydroxylation sites is 1. The van der Waals surface area contributed by atoms with Crippen LogP contribution in [0.5, 0.6) is 5.75 Å². The van der Waals surface area contributed by atoms with E-state index in [2.05, 4.69) is 0 Å². The maximum atomic E-state index is 13.2. The molecule has 0 saturated heterocycles. The number of esters is 1. The Bertz CT molecular complexity index is 992. The first-order chi connectivity index (χ1) is 13.5. The molecule has 0 spiro atoms. The minimum absolute atomic E-state index is 0.266. The van der Waals surface area contributed by atoms with Gasteiger partial charge in [-0.1, -0.05) is 54.6 Å². The SMILES string of the molecule is COc1ccccc1C(=O)OC(C(=O)c1ccc(C)c(C)c1)c1ccccc1. The standard InChI is InChI=1S/C24H22O4/c1-16-13-14-19(15-17(16)2)22(25)23(18-9-5-4-6-10-18)28-24(26)20-11-7-8-12-21(20)27-3/h4-15,23H,1-3H3. The van der Waals surface area contributed by atoms with Crippen molar-refractivity contribution in [3.63, 3.8) is 0 Å². The number of hydrogen-bond donors (Lipinski definition) is 0. The van der Waals surface area contributed by atoms with Crippen LogP contribution in [0, 0.1) is 13.8 Å². The van der Waals surface area contributed by atoms with E-state index in [0.29, 0.717) is 16.9 Å². The Kier molecular flexibility index (Phi) is 5.90. The number of carbonyl (C=O) groups is 2. The van der Waals surface area contributed by atoms with Gasteiger partial charge in [-0.2, -0.15) is 0 Å². The van der Waals surface area contributed by atoms with Crippen molar-refractivity contribution in [2.75, 3.05) is 7.11 Å². The number of aryl methyl sites for hydroxylation is 2. The largest absolute Gasteiger partial charge is 0.496 e. The fraction of sp³-hybridized carbons (Fsp3) is 0.167. The average molecular weight is 374 g/mol. The normalized spacial score (nSPS) is 11.5. The topological polar surface area (TPSA) is 52.6 Å². The molecule has 0 radical (unpaired) electrons. The molecule has 4 heteroatoms. The van der Waals surface area contributed by atoms with Crippen molar-refractivity contribution in [1.82, 2.24) is 0 Å². The number of hydrogen-bond acceptors (Lipinski definition) is 4. The van der Waals surface area contributed by atoms with Crippen LogP contribution in [0.2, 0.25) is 0 Å². The summed E-state index contributed by atoms with van der Waals surface area (Å²) in [7, 11) is 1.49. The van der Waals surface area contributed by atoms with Crippen LogP contribution >= 0.6 is 0 Å². The average Bonchev–Trinajstić information content (AvgIpc) is 2.74. The molecule has 0 bridgehead atoms. The molecule has 3 aromatic rings. The van der Waals surface area contributed by atoms with Crippen LogP contribution < -0.4 is 4.74 Å². The van der Waals surface area contributed by atoms with Crippen LogP contribution in [0.25, 0.3) is 0 Å². The van der Waals surface area contributed by atoms with E-state index in [1.54, 1.807) is 42.5 Å². The highest BCUT2D eigenvalue weighted by atomic mass is 16.5. The Morgan fingerprint density at radius 1 is 0.821 bits per heavy atom. The van der Waals surface area contributed by atoms with Gasteiger partial charge in [-0.05, 0) is 43.2 Å². The number of benzene rings is 3. The molecule has 3 aromatic carbocycles. The quantitative estimate of drug-likeness (QED) is 0.445. The fourth-order valence-corrected chi connectivity index (χ4v) is 2.93. The summed E-state index contributed by atoms with van der Waals surface area (Å²) in [6.45, 7) is 3.93. The van der Waals surface area contributed by atoms with Crippen LogP contribution in [0.4, 0.5) is 0 Å². The van der Waals surface area contributed by atoms with Crippen molar-refractivity contribution in [2.24, 2.45) is 0 Å². The van der Waals surface area contributed by atoms with Crippen molar-refractivity contribution >= 4 is 11.8 Å². The van der Waals surface area contributed by atoms with Crippen LogP contribution in [-0.2, 0) is 4.74 Å². The Morgan fingerprint density at radius 3 is 2.18 bits per heavy atom. The summed E-state index contributed by atoms with van der Waals surface area (Å²) >= 11 is 0. The highest BCUT2D eigenvalue weighted by Crippen LogP contribution is 2.27. The lowest BCUT2D eigenvalue weighted by atomic mass is 9.97. The molecule has 0 N–H and O–H groups in total. The molecule has 0 saturated carbocycles. The molecular formula is C24H22O4. The molecule has 1 atom stereocenters. The van der Waals surface area contributed by atoms with Gasteiger partial charge < -0.3 is 9.47 Å². The zero-order valence-corrected chi connectivity index (χ0v) is 16.1. The van der Waals surface area contributed by atoms with E-state index in [-0.39, 0.29) is 11.3 Å². The third-order valence-electron chi connectivity index (χ3n) is 4.68. The summed E-state index contributed by atoms with van der Waals surface area (Å²) in [5.74, 6) is -0.473. The minimum Gasteiger partial charge on any atom is -0.496 e. The fourth-order valence-electron chi connectivity index (χ4n) is 2.93. The van der Waals surface area contributed by atoms with Gasteiger partial charge in [0.2, 0.25) is 5.78 Å². The van der Waals surface area contributed by atoms with Gasteiger partial charge in [-0.25, -0.2) is 4.79 Å². The molecule has 4 nitrogen and oxygen atoms in total. The first kappa shape index (κ1) is 19.4. The van der Waals surface area contributed by atoms with Crippen LogP contribution in [-0.4, -0.2) is 18.9 Å². The maximum Gasteiger partial charge on any atom is 0.342 e. The number of ether oxygens (including phenoxy) is 2. The van der Waals surface area contributed by atoms with E-state index in [1.165, 1.54) is 7.11 Å². The highest BCUT2D eigenvalue weighted by Gasteiger charge is 2.28. The second-order valence-corrected chi connectivity index (χ2v) is 6.56. The predicted molar refractivity (Wildman–Crippen MR) is 108 cm³/mol. The molecule has 0 heterocycles. The first-order valence-electron chi connectivity index (χ1n) is 9.01. The smallest absolute Gasteiger partial charge is 0.342 e. The van der Waals surface area contributed by atoms with Crippen molar-refractivity contribution in [2.45, 2.75) is 20.0 Å². The van der Waals surface area contributed by atoms with Crippen LogP contribution in [0.1, 0.15) is 43.5 Å². The lowest BCUT2D eigenvalue weighted by Crippen LogP contribution is -2.21. The van der Waals surface area contributed by atoms with Gasteiger partial charge in [-0.3, -0.25) is 4.79 Å². The summed E-state index contributed by atoms with van der Waals surface area (Å²) in [4.78, 5) is 26.0. The molecule has 28 heavy (non-hydrogen) atoms. The second-order valence-electron chi connectivity index (χ2n) is 6.56. The number of ketones is 1. The Balaban J connectivity index is 1.97. The lowest BCUT2D eigenvalue weighted by molar-refractivity contribution is 0.0277. The molecule has 1 unspecified atom stereocenters. The van der Waals surface area contributed by atoms with Crippen molar-refractivity contribution < 1.29 is 19.1 Å². The van der Waals surface area contributed by atoms with E-state index < -0.39 is 12.1 Å². The highest BCUT2D eigenvalue weighted by molar-refractivity contribution is 6.02. The minimum atomic E-state index is -1.04. The number of methoxy groups -OCH3 is 1. The monoisotopic (exact) mass is 374 g/mol. The summed E-state index contributed by atoms with van der Waals surface area (Å²) in [6.07, 6.45) is -1.04. The maximum absolute atomic E-state index is 13.2. The van der Waals surface area contributed by atoms with Gasteiger partial charge in [0.15, 0.2) is 6.10 Å². The van der Waals surface area contributed by atoms with Crippen LogP contribution in [0.3, 0.4) is 0 Å². The molecule has 0 amide bonds. The molecular weight excluding hydrogens is 352 g/mol. The summed E-state index contributed by atoms with van der Waals surface area (Å²) < 4.78 is 10.9.